The fraction of sp³-hybridized carbons (Fsp3) is 0.581. The van der Waals surface area contributed by atoms with Gasteiger partial charge < -0.3 is 0 Å². The Labute approximate surface area is 196 Å². The van der Waals surface area contributed by atoms with E-state index in [0.717, 1.165) is 12.8 Å². The Kier molecular flexibility index (Phi) is 7.54. The molecule has 32 heavy (non-hydrogen) atoms. The van der Waals surface area contributed by atoms with E-state index in [4.69, 9.17) is 0 Å². The van der Waals surface area contributed by atoms with Crippen molar-refractivity contribution in [3.63, 3.8) is 0 Å². The lowest BCUT2D eigenvalue weighted by molar-refractivity contribution is -0.120. The highest BCUT2D eigenvalue weighted by Gasteiger charge is 2.32. The van der Waals surface area contributed by atoms with Gasteiger partial charge in [-0.25, -0.2) is 0 Å². The minimum atomic E-state index is 0.397. The maximum absolute atomic E-state index is 13.6. The summed E-state index contributed by atoms with van der Waals surface area (Å²) in [4.78, 5) is 13.6. The van der Waals surface area contributed by atoms with Crippen LogP contribution < -0.4 is 0 Å². The molecule has 2 aromatic rings. The Bertz CT molecular complexity index is 852. The number of carbonyl (C=O) groups excluding carboxylic acids is 1. The van der Waals surface area contributed by atoms with Crippen LogP contribution in [0.15, 0.2) is 36.4 Å². The summed E-state index contributed by atoms with van der Waals surface area (Å²) in [7, 11) is 0. The minimum absolute atomic E-state index is 0.397. The first kappa shape index (κ1) is 23.3. The number of hydrogen-bond acceptors (Lipinski definition) is 1. The molecular formula is C31H42O. The molecule has 1 nitrogen and oxygen atoms in total. The summed E-state index contributed by atoms with van der Waals surface area (Å²) in [6, 6.07) is 13.8. The van der Waals surface area contributed by atoms with Gasteiger partial charge in [0.05, 0.1) is 0 Å². The summed E-state index contributed by atoms with van der Waals surface area (Å²) >= 11 is 0. The van der Waals surface area contributed by atoms with Crippen molar-refractivity contribution in [2.45, 2.75) is 104 Å². The molecule has 0 heterocycles. The quantitative estimate of drug-likeness (QED) is 0.410. The second kappa shape index (κ2) is 10.4. The van der Waals surface area contributed by atoms with Crippen LogP contribution in [0.4, 0.5) is 0 Å². The molecule has 2 aliphatic carbocycles. The van der Waals surface area contributed by atoms with Crippen LogP contribution in [0.1, 0.15) is 109 Å². The van der Waals surface area contributed by atoms with Crippen LogP contribution in [-0.4, -0.2) is 5.78 Å². The number of Topliss-reactive ketones (excluding diaryl/α,β-unsaturated/α-hetero) is 1. The number of aryl methyl sites for hydroxylation is 4. The summed E-state index contributed by atoms with van der Waals surface area (Å²) < 4.78 is 0. The molecule has 2 aliphatic rings. The van der Waals surface area contributed by atoms with E-state index in [-0.39, 0.29) is 0 Å². The highest BCUT2D eigenvalue weighted by atomic mass is 16.1. The van der Waals surface area contributed by atoms with Crippen molar-refractivity contribution in [1.29, 1.82) is 0 Å². The Balaban J connectivity index is 1.55. The summed E-state index contributed by atoms with van der Waals surface area (Å²) in [6.45, 7) is 8.79. The summed E-state index contributed by atoms with van der Waals surface area (Å²) in [6.07, 6.45) is 11.9. The third kappa shape index (κ3) is 5.36. The smallest absolute Gasteiger partial charge is 0.134 e. The molecule has 0 radical (unpaired) electrons. The van der Waals surface area contributed by atoms with Crippen LogP contribution >= 0.6 is 0 Å². The highest BCUT2D eigenvalue weighted by Crippen LogP contribution is 2.43. The lowest BCUT2D eigenvalue weighted by Crippen LogP contribution is -2.19. The van der Waals surface area contributed by atoms with E-state index in [2.05, 4.69) is 64.1 Å². The van der Waals surface area contributed by atoms with Gasteiger partial charge in [-0.15, -0.1) is 0 Å². The molecule has 0 unspecified atom stereocenters. The number of rotatable bonds is 8. The molecule has 0 aromatic heterocycles. The van der Waals surface area contributed by atoms with Crippen molar-refractivity contribution >= 4 is 5.78 Å². The van der Waals surface area contributed by atoms with E-state index in [0.29, 0.717) is 29.5 Å². The van der Waals surface area contributed by atoms with Crippen LogP contribution in [0.25, 0.3) is 0 Å². The van der Waals surface area contributed by atoms with Gasteiger partial charge >= 0.3 is 0 Å². The van der Waals surface area contributed by atoms with Crippen LogP contribution in [0.2, 0.25) is 0 Å². The van der Waals surface area contributed by atoms with Gasteiger partial charge in [0.2, 0.25) is 0 Å². The molecule has 1 heteroatoms. The van der Waals surface area contributed by atoms with Gasteiger partial charge in [0.15, 0.2) is 0 Å². The van der Waals surface area contributed by atoms with E-state index in [1.165, 1.54) is 84.7 Å². The number of hydrogen-bond donors (Lipinski definition) is 0. The highest BCUT2D eigenvalue weighted by molar-refractivity contribution is 5.80. The maximum atomic E-state index is 13.6. The topological polar surface area (TPSA) is 17.1 Å². The van der Waals surface area contributed by atoms with E-state index in [1.807, 2.05) is 0 Å². The molecule has 4 rings (SSSR count). The zero-order valence-electron chi connectivity index (χ0n) is 20.8. The van der Waals surface area contributed by atoms with Gasteiger partial charge in [-0.3, -0.25) is 4.79 Å². The molecule has 0 amide bonds. The first-order valence-corrected chi connectivity index (χ1v) is 13.1. The Morgan fingerprint density at radius 3 is 1.38 bits per heavy atom. The molecule has 0 spiro atoms. The van der Waals surface area contributed by atoms with E-state index in [9.17, 15) is 4.79 Å². The lowest BCUT2D eigenvalue weighted by atomic mass is 9.76. The fourth-order valence-corrected chi connectivity index (χ4v) is 6.40. The fourth-order valence-electron chi connectivity index (χ4n) is 6.40. The van der Waals surface area contributed by atoms with Crippen LogP contribution in [0.3, 0.4) is 0 Å². The third-order valence-electron chi connectivity index (χ3n) is 8.75. The SMILES string of the molecule is Cc1ccc([C@@H](CC(=O)C[C@H](c2ccc(C)c(C)c2)C2CCCC2)C2CCCC2)cc1C. The number of benzene rings is 2. The predicted octanol–water partition coefficient (Wildman–Crippen LogP) is 8.52. The average molecular weight is 431 g/mol. The third-order valence-corrected chi connectivity index (χ3v) is 8.75. The van der Waals surface area contributed by atoms with Crippen LogP contribution in [0.5, 0.6) is 0 Å². The Morgan fingerprint density at radius 1 is 0.656 bits per heavy atom. The standard InChI is InChI=1S/C31H42O/c1-21-13-15-27(17-23(21)3)30(25-9-5-6-10-25)19-29(32)20-31(26-11-7-8-12-26)28-16-14-22(2)24(4)18-28/h13-18,25-26,30-31H,5-12,19-20H2,1-4H3/t30-,31-/m0/s1. The second-order valence-electron chi connectivity index (χ2n) is 10.9. The van der Waals surface area contributed by atoms with Gasteiger partial charge in [-0.2, -0.15) is 0 Å². The molecule has 0 saturated heterocycles. The second-order valence-corrected chi connectivity index (χ2v) is 10.9. The molecule has 2 atom stereocenters. The van der Waals surface area contributed by atoms with Gasteiger partial charge in [0.25, 0.3) is 0 Å². The van der Waals surface area contributed by atoms with Crippen molar-refractivity contribution in [3.05, 3.63) is 69.8 Å². The van der Waals surface area contributed by atoms with Crippen LogP contribution in [0, 0.1) is 39.5 Å². The van der Waals surface area contributed by atoms with Crippen molar-refractivity contribution in [3.8, 4) is 0 Å². The molecule has 2 aromatic carbocycles. The predicted molar refractivity (Wildman–Crippen MR) is 135 cm³/mol. The zero-order valence-corrected chi connectivity index (χ0v) is 20.8. The largest absolute Gasteiger partial charge is 0.300 e. The van der Waals surface area contributed by atoms with E-state index >= 15 is 0 Å². The van der Waals surface area contributed by atoms with E-state index in [1.54, 1.807) is 0 Å². The summed E-state index contributed by atoms with van der Waals surface area (Å²) in [5.41, 5.74) is 8.21. The van der Waals surface area contributed by atoms with Crippen molar-refractivity contribution in [1.82, 2.24) is 0 Å². The minimum Gasteiger partial charge on any atom is -0.300 e. The molecule has 0 N–H and O–H groups in total. The summed E-state index contributed by atoms with van der Waals surface area (Å²) in [5.74, 6) is 2.62. The first-order chi connectivity index (χ1) is 15.4. The van der Waals surface area contributed by atoms with Crippen LogP contribution in [-0.2, 0) is 4.79 Å². The average Bonchev–Trinajstić information content (AvgIpc) is 3.49. The molecule has 2 saturated carbocycles. The van der Waals surface area contributed by atoms with Gasteiger partial charge in [0, 0.05) is 12.8 Å². The molecule has 172 valence electrons. The van der Waals surface area contributed by atoms with Crippen molar-refractivity contribution in [2.75, 3.05) is 0 Å². The first-order valence-electron chi connectivity index (χ1n) is 13.1. The number of ketones is 1. The van der Waals surface area contributed by atoms with E-state index < -0.39 is 0 Å². The Hall–Kier alpha value is -1.89. The van der Waals surface area contributed by atoms with Gasteiger partial charge in [-0.05, 0) is 110 Å². The lowest BCUT2D eigenvalue weighted by Gasteiger charge is -2.27. The van der Waals surface area contributed by atoms with Gasteiger partial charge in [-0.1, -0.05) is 62.1 Å². The van der Waals surface area contributed by atoms with Crippen molar-refractivity contribution < 1.29 is 4.79 Å². The molecule has 0 aliphatic heterocycles. The van der Waals surface area contributed by atoms with Gasteiger partial charge in [0.1, 0.15) is 5.78 Å². The zero-order chi connectivity index (χ0) is 22.7. The molecular weight excluding hydrogens is 388 g/mol. The molecule has 2 fully saturated rings. The Morgan fingerprint density at radius 2 is 1.03 bits per heavy atom. The number of carbonyl (C=O) groups is 1. The molecule has 0 bridgehead atoms. The monoisotopic (exact) mass is 430 g/mol. The normalized spacial score (nSPS) is 19.4. The summed E-state index contributed by atoms with van der Waals surface area (Å²) in [5, 5.41) is 0. The van der Waals surface area contributed by atoms with Crippen molar-refractivity contribution in [2.24, 2.45) is 11.8 Å². The maximum Gasteiger partial charge on any atom is 0.134 e.